The summed E-state index contributed by atoms with van der Waals surface area (Å²) in [5, 5.41) is 7.25. The highest BCUT2D eigenvalue weighted by atomic mass is 15.1. The Morgan fingerprint density at radius 1 is 1.00 bits per heavy atom. The predicted molar refractivity (Wildman–Crippen MR) is 74.2 cm³/mol. The Bertz CT molecular complexity index is 254. The fourth-order valence-electron chi connectivity index (χ4n) is 2.41. The van der Waals surface area contributed by atoms with Gasteiger partial charge in [-0.1, -0.05) is 58.8 Å². The first-order chi connectivity index (χ1) is 8.38. The second kappa shape index (κ2) is 9.26. The first-order valence-electron chi connectivity index (χ1n) is 7.37. The number of nitrogens with one attached hydrogen (secondary N) is 1. The Balaban J connectivity index is 2.31. The predicted octanol–water partition coefficient (Wildman–Crippen LogP) is 5.04. The second-order valence-corrected chi connectivity index (χ2v) is 5.05. The van der Waals surface area contributed by atoms with Gasteiger partial charge in [0, 0.05) is 17.8 Å². The molecule has 98 valence electrons. The van der Waals surface area contributed by atoms with Crippen LogP contribution in [0.2, 0.25) is 0 Å². The molecule has 0 radical (unpaired) electrons. The maximum absolute atomic E-state index is 4.09. The molecule has 0 aliphatic heterocycles. The van der Waals surface area contributed by atoms with Crippen LogP contribution in [0.5, 0.6) is 0 Å². The van der Waals surface area contributed by atoms with Gasteiger partial charge < -0.3 is 0 Å². The van der Waals surface area contributed by atoms with Crippen molar-refractivity contribution < 1.29 is 0 Å². The Hall–Kier alpha value is -0.790. The molecule has 1 rings (SSSR count). The molecule has 0 saturated heterocycles. The van der Waals surface area contributed by atoms with E-state index in [1.807, 2.05) is 6.20 Å². The van der Waals surface area contributed by atoms with E-state index in [9.17, 15) is 0 Å². The van der Waals surface area contributed by atoms with Crippen LogP contribution in [0, 0.1) is 0 Å². The highest BCUT2D eigenvalue weighted by molar-refractivity contribution is 5.05. The van der Waals surface area contributed by atoms with Crippen LogP contribution in [0.3, 0.4) is 0 Å². The first kappa shape index (κ1) is 14.3. The Labute approximate surface area is 106 Å². The van der Waals surface area contributed by atoms with Gasteiger partial charge in [0.15, 0.2) is 0 Å². The number of nitrogens with zero attached hydrogens (tertiary/aromatic N) is 1. The molecule has 0 aliphatic rings. The molecule has 0 spiro atoms. The normalized spacial score (nSPS) is 12.8. The minimum absolute atomic E-state index is 0.709. The zero-order valence-corrected chi connectivity index (χ0v) is 11.5. The molecule has 0 fully saturated rings. The van der Waals surface area contributed by atoms with Crippen LogP contribution < -0.4 is 0 Å². The molecule has 0 bridgehead atoms. The molecule has 1 aromatic heterocycles. The average molecular weight is 236 g/mol. The maximum atomic E-state index is 4.09. The van der Waals surface area contributed by atoms with Crippen molar-refractivity contribution in [1.82, 2.24) is 10.2 Å². The summed E-state index contributed by atoms with van der Waals surface area (Å²) >= 11 is 0. The lowest BCUT2D eigenvalue weighted by atomic mass is 9.92. The van der Waals surface area contributed by atoms with E-state index < -0.39 is 0 Å². The minimum atomic E-state index is 0.709. The SMILES string of the molecule is CCCCCCC(CCCCC)c1ccn[nH]1. The highest BCUT2D eigenvalue weighted by Gasteiger charge is 2.11. The van der Waals surface area contributed by atoms with Crippen LogP contribution in [0.1, 0.15) is 83.2 Å². The molecule has 1 unspecified atom stereocenters. The van der Waals surface area contributed by atoms with E-state index in [2.05, 4.69) is 30.1 Å². The number of hydrogen-bond donors (Lipinski definition) is 1. The Kier molecular flexibility index (Phi) is 7.78. The molecular formula is C15H28N2. The zero-order valence-electron chi connectivity index (χ0n) is 11.5. The summed E-state index contributed by atoms with van der Waals surface area (Å²) < 4.78 is 0. The van der Waals surface area contributed by atoms with E-state index in [1.54, 1.807) is 0 Å². The molecule has 1 heterocycles. The fraction of sp³-hybridized carbons (Fsp3) is 0.800. The van der Waals surface area contributed by atoms with Crippen molar-refractivity contribution in [1.29, 1.82) is 0 Å². The number of aromatic amines is 1. The van der Waals surface area contributed by atoms with Crippen molar-refractivity contribution in [3.8, 4) is 0 Å². The van der Waals surface area contributed by atoms with Crippen LogP contribution in [0.4, 0.5) is 0 Å². The fourth-order valence-corrected chi connectivity index (χ4v) is 2.41. The van der Waals surface area contributed by atoms with E-state index in [0.29, 0.717) is 5.92 Å². The van der Waals surface area contributed by atoms with E-state index in [1.165, 1.54) is 63.5 Å². The van der Waals surface area contributed by atoms with E-state index in [-0.39, 0.29) is 0 Å². The molecule has 0 aliphatic carbocycles. The summed E-state index contributed by atoms with van der Waals surface area (Å²) in [6, 6.07) is 2.15. The quantitative estimate of drug-likeness (QED) is 0.566. The van der Waals surface area contributed by atoms with Crippen molar-refractivity contribution in [2.24, 2.45) is 0 Å². The second-order valence-electron chi connectivity index (χ2n) is 5.05. The van der Waals surface area contributed by atoms with Gasteiger partial charge in [0.05, 0.1) is 0 Å². The average Bonchev–Trinajstić information content (AvgIpc) is 2.86. The number of unbranched alkanes of at least 4 members (excludes halogenated alkanes) is 5. The maximum Gasteiger partial charge on any atom is 0.0490 e. The number of rotatable bonds is 10. The van der Waals surface area contributed by atoms with Gasteiger partial charge in [0.1, 0.15) is 0 Å². The lowest BCUT2D eigenvalue weighted by Gasteiger charge is -2.14. The summed E-state index contributed by atoms with van der Waals surface area (Å²) in [5.41, 5.74) is 1.35. The van der Waals surface area contributed by atoms with Crippen LogP contribution in [0.25, 0.3) is 0 Å². The van der Waals surface area contributed by atoms with Gasteiger partial charge in [-0.05, 0) is 18.9 Å². The van der Waals surface area contributed by atoms with Crippen molar-refractivity contribution in [3.05, 3.63) is 18.0 Å². The number of H-pyrrole nitrogens is 1. The van der Waals surface area contributed by atoms with Crippen molar-refractivity contribution in [2.45, 2.75) is 77.6 Å². The Morgan fingerprint density at radius 3 is 2.24 bits per heavy atom. The topological polar surface area (TPSA) is 28.7 Å². The van der Waals surface area contributed by atoms with Crippen LogP contribution in [-0.4, -0.2) is 10.2 Å². The van der Waals surface area contributed by atoms with Gasteiger partial charge in [-0.25, -0.2) is 0 Å². The smallest absolute Gasteiger partial charge is 0.0490 e. The monoisotopic (exact) mass is 236 g/mol. The highest BCUT2D eigenvalue weighted by Crippen LogP contribution is 2.26. The summed E-state index contributed by atoms with van der Waals surface area (Å²) in [5.74, 6) is 0.709. The lowest BCUT2D eigenvalue weighted by Crippen LogP contribution is -2.00. The lowest BCUT2D eigenvalue weighted by molar-refractivity contribution is 0.492. The van der Waals surface area contributed by atoms with Gasteiger partial charge in [0.25, 0.3) is 0 Å². The van der Waals surface area contributed by atoms with E-state index in [4.69, 9.17) is 0 Å². The molecule has 1 aromatic rings. The summed E-state index contributed by atoms with van der Waals surface area (Å²) in [4.78, 5) is 0. The molecule has 1 N–H and O–H groups in total. The molecular weight excluding hydrogens is 208 g/mol. The van der Waals surface area contributed by atoms with E-state index >= 15 is 0 Å². The molecule has 1 atom stereocenters. The molecule has 0 aromatic carbocycles. The zero-order chi connectivity index (χ0) is 12.3. The molecule has 2 nitrogen and oxygen atoms in total. The van der Waals surface area contributed by atoms with Gasteiger partial charge in [-0.2, -0.15) is 5.10 Å². The van der Waals surface area contributed by atoms with Crippen molar-refractivity contribution in [2.75, 3.05) is 0 Å². The van der Waals surface area contributed by atoms with Crippen molar-refractivity contribution >= 4 is 0 Å². The molecule has 0 saturated carbocycles. The minimum Gasteiger partial charge on any atom is -0.282 e. The van der Waals surface area contributed by atoms with E-state index in [0.717, 1.165) is 0 Å². The summed E-state index contributed by atoms with van der Waals surface area (Å²) in [7, 11) is 0. The third-order valence-corrected chi connectivity index (χ3v) is 3.52. The van der Waals surface area contributed by atoms with Gasteiger partial charge in [0.2, 0.25) is 0 Å². The molecule has 17 heavy (non-hydrogen) atoms. The largest absolute Gasteiger partial charge is 0.282 e. The Morgan fingerprint density at radius 2 is 1.65 bits per heavy atom. The van der Waals surface area contributed by atoms with Gasteiger partial charge >= 0.3 is 0 Å². The van der Waals surface area contributed by atoms with Crippen LogP contribution in [-0.2, 0) is 0 Å². The van der Waals surface area contributed by atoms with Crippen LogP contribution >= 0.6 is 0 Å². The molecule has 2 heteroatoms. The first-order valence-corrected chi connectivity index (χ1v) is 7.37. The summed E-state index contributed by atoms with van der Waals surface area (Å²) in [6.45, 7) is 4.54. The number of aromatic nitrogens is 2. The molecule has 0 amide bonds. The van der Waals surface area contributed by atoms with Gasteiger partial charge in [-0.15, -0.1) is 0 Å². The third kappa shape index (κ3) is 5.90. The number of hydrogen-bond acceptors (Lipinski definition) is 1. The third-order valence-electron chi connectivity index (χ3n) is 3.52. The van der Waals surface area contributed by atoms with Crippen LogP contribution in [0.15, 0.2) is 12.3 Å². The van der Waals surface area contributed by atoms with Gasteiger partial charge in [-0.3, -0.25) is 5.10 Å². The summed E-state index contributed by atoms with van der Waals surface area (Å²) in [6.07, 6.45) is 14.0. The standard InChI is InChI=1S/C15H28N2/c1-3-5-7-9-11-14(10-8-6-4-2)15-12-13-16-17-15/h12-14H,3-11H2,1-2H3,(H,16,17). The van der Waals surface area contributed by atoms with Crippen molar-refractivity contribution in [3.63, 3.8) is 0 Å².